The van der Waals surface area contributed by atoms with Crippen LogP contribution < -0.4 is 10.6 Å². The standard InChI is InChI=1S/C15H26N4O/c1-10-12(16)17-14(15(2,3)4)18-13(10)19(8-9-20-5)11-6-7-11/h11H,6-9H2,1-5H3,(H2,16,17,18). The van der Waals surface area contributed by atoms with Crippen LogP contribution in [0.3, 0.4) is 0 Å². The van der Waals surface area contributed by atoms with Gasteiger partial charge in [0.25, 0.3) is 0 Å². The molecule has 0 unspecified atom stereocenters. The first-order valence-corrected chi connectivity index (χ1v) is 7.24. The van der Waals surface area contributed by atoms with E-state index in [2.05, 4.69) is 30.7 Å². The van der Waals surface area contributed by atoms with Crippen molar-refractivity contribution in [3.8, 4) is 0 Å². The molecular weight excluding hydrogens is 252 g/mol. The minimum absolute atomic E-state index is 0.104. The summed E-state index contributed by atoms with van der Waals surface area (Å²) in [4.78, 5) is 11.6. The molecule has 1 saturated carbocycles. The summed E-state index contributed by atoms with van der Waals surface area (Å²) < 4.78 is 5.22. The van der Waals surface area contributed by atoms with Gasteiger partial charge in [-0.15, -0.1) is 0 Å². The average Bonchev–Trinajstić information content (AvgIpc) is 3.17. The Kier molecular flexibility index (Phi) is 4.18. The van der Waals surface area contributed by atoms with Gasteiger partial charge in [-0.1, -0.05) is 20.8 Å². The van der Waals surface area contributed by atoms with Gasteiger partial charge in [0.05, 0.1) is 6.61 Å². The molecule has 0 bridgehead atoms. The van der Waals surface area contributed by atoms with Crippen LogP contribution >= 0.6 is 0 Å². The van der Waals surface area contributed by atoms with E-state index >= 15 is 0 Å². The van der Waals surface area contributed by atoms with E-state index in [1.165, 1.54) is 12.8 Å². The van der Waals surface area contributed by atoms with E-state index in [0.29, 0.717) is 18.5 Å². The molecule has 1 aliphatic rings. The second kappa shape index (κ2) is 5.56. The van der Waals surface area contributed by atoms with Gasteiger partial charge >= 0.3 is 0 Å². The maximum absolute atomic E-state index is 6.10. The third-order valence-corrected chi connectivity index (χ3v) is 3.62. The van der Waals surface area contributed by atoms with Crippen molar-refractivity contribution in [3.63, 3.8) is 0 Å². The van der Waals surface area contributed by atoms with Crippen LogP contribution in [-0.2, 0) is 10.2 Å². The zero-order chi connectivity index (χ0) is 14.9. The Morgan fingerprint density at radius 2 is 1.95 bits per heavy atom. The molecule has 1 heterocycles. The Bertz CT molecular complexity index is 477. The van der Waals surface area contributed by atoms with Crippen molar-refractivity contribution in [1.82, 2.24) is 9.97 Å². The predicted molar refractivity (Wildman–Crippen MR) is 82.1 cm³/mol. The van der Waals surface area contributed by atoms with Gasteiger partial charge in [0, 0.05) is 30.7 Å². The first kappa shape index (κ1) is 15.0. The van der Waals surface area contributed by atoms with Crippen LogP contribution in [0.15, 0.2) is 0 Å². The van der Waals surface area contributed by atoms with E-state index in [1.54, 1.807) is 7.11 Å². The highest BCUT2D eigenvalue weighted by Crippen LogP contribution is 2.34. The fourth-order valence-electron chi connectivity index (χ4n) is 2.17. The molecule has 5 nitrogen and oxygen atoms in total. The Hall–Kier alpha value is -1.36. The highest BCUT2D eigenvalue weighted by Gasteiger charge is 2.32. The van der Waals surface area contributed by atoms with Gasteiger partial charge < -0.3 is 15.4 Å². The summed E-state index contributed by atoms with van der Waals surface area (Å²) in [5.41, 5.74) is 6.97. The maximum atomic E-state index is 6.10. The molecule has 0 aromatic carbocycles. The number of nitrogens with two attached hydrogens (primary N) is 1. The summed E-state index contributed by atoms with van der Waals surface area (Å²) in [5.74, 6) is 2.36. The molecule has 1 fully saturated rings. The first-order chi connectivity index (χ1) is 9.34. The van der Waals surface area contributed by atoms with E-state index in [9.17, 15) is 0 Å². The second-order valence-corrected chi connectivity index (χ2v) is 6.55. The third-order valence-electron chi connectivity index (χ3n) is 3.62. The number of nitrogens with zero attached hydrogens (tertiary/aromatic N) is 3. The molecule has 0 atom stereocenters. The number of rotatable bonds is 5. The van der Waals surface area contributed by atoms with Crippen molar-refractivity contribution in [1.29, 1.82) is 0 Å². The smallest absolute Gasteiger partial charge is 0.138 e. The highest BCUT2D eigenvalue weighted by atomic mass is 16.5. The Morgan fingerprint density at radius 3 is 2.45 bits per heavy atom. The Labute approximate surface area is 121 Å². The molecule has 5 heteroatoms. The second-order valence-electron chi connectivity index (χ2n) is 6.55. The van der Waals surface area contributed by atoms with Crippen molar-refractivity contribution < 1.29 is 4.74 Å². The summed E-state index contributed by atoms with van der Waals surface area (Å²) in [7, 11) is 1.73. The van der Waals surface area contributed by atoms with Gasteiger partial charge in [-0.3, -0.25) is 0 Å². The molecule has 1 aromatic rings. The van der Waals surface area contributed by atoms with E-state index in [0.717, 1.165) is 23.8 Å². The maximum Gasteiger partial charge on any atom is 0.138 e. The quantitative estimate of drug-likeness (QED) is 0.895. The normalized spacial score (nSPS) is 15.4. The van der Waals surface area contributed by atoms with E-state index in [-0.39, 0.29) is 5.41 Å². The third kappa shape index (κ3) is 3.20. The fraction of sp³-hybridized carbons (Fsp3) is 0.733. The predicted octanol–water partition coefficient (Wildman–Crippen LogP) is 2.28. The molecule has 1 aliphatic carbocycles. The van der Waals surface area contributed by atoms with Gasteiger partial charge in [0.1, 0.15) is 17.5 Å². The minimum atomic E-state index is -0.104. The van der Waals surface area contributed by atoms with Crippen molar-refractivity contribution in [3.05, 3.63) is 11.4 Å². The van der Waals surface area contributed by atoms with E-state index in [4.69, 9.17) is 15.5 Å². The molecule has 20 heavy (non-hydrogen) atoms. The monoisotopic (exact) mass is 278 g/mol. The Balaban J connectivity index is 2.39. The summed E-state index contributed by atoms with van der Waals surface area (Å²) >= 11 is 0. The largest absolute Gasteiger partial charge is 0.383 e. The lowest BCUT2D eigenvalue weighted by atomic mass is 9.95. The first-order valence-electron chi connectivity index (χ1n) is 7.24. The van der Waals surface area contributed by atoms with Crippen molar-refractivity contribution in [2.75, 3.05) is 30.9 Å². The lowest BCUT2D eigenvalue weighted by molar-refractivity contribution is 0.204. The van der Waals surface area contributed by atoms with E-state index in [1.807, 2.05) is 6.92 Å². The number of aromatic nitrogens is 2. The lowest BCUT2D eigenvalue weighted by Crippen LogP contribution is -2.32. The summed E-state index contributed by atoms with van der Waals surface area (Å²) in [6.45, 7) is 9.87. The summed E-state index contributed by atoms with van der Waals surface area (Å²) in [6.07, 6.45) is 2.44. The number of hydrogen-bond donors (Lipinski definition) is 1. The molecule has 2 rings (SSSR count). The molecule has 1 aromatic heterocycles. The van der Waals surface area contributed by atoms with Crippen LogP contribution in [0.1, 0.15) is 45.0 Å². The van der Waals surface area contributed by atoms with Crippen molar-refractivity contribution in [2.24, 2.45) is 0 Å². The van der Waals surface area contributed by atoms with Crippen LogP contribution in [0.4, 0.5) is 11.6 Å². The molecule has 0 amide bonds. The van der Waals surface area contributed by atoms with Crippen molar-refractivity contribution >= 4 is 11.6 Å². The number of anilines is 2. The minimum Gasteiger partial charge on any atom is -0.383 e. The van der Waals surface area contributed by atoms with Crippen molar-refractivity contribution in [2.45, 2.75) is 52.0 Å². The van der Waals surface area contributed by atoms with Gasteiger partial charge in [0.15, 0.2) is 0 Å². The zero-order valence-electron chi connectivity index (χ0n) is 13.2. The number of ether oxygens (including phenoxy) is 1. The van der Waals surface area contributed by atoms with Crippen LogP contribution in [-0.4, -0.2) is 36.3 Å². The molecule has 2 N–H and O–H groups in total. The van der Waals surface area contributed by atoms with Crippen LogP contribution in [0.25, 0.3) is 0 Å². The number of nitrogen functional groups attached to an aromatic ring is 1. The Morgan fingerprint density at radius 1 is 1.30 bits per heavy atom. The van der Waals surface area contributed by atoms with Gasteiger partial charge in [0.2, 0.25) is 0 Å². The number of hydrogen-bond acceptors (Lipinski definition) is 5. The highest BCUT2D eigenvalue weighted by molar-refractivity contribution is 5.58. The SMILES string of the molecule is COCCN(c1nc(C(C)(C)C)nc(N)c1C)C1CC1. The molecule has 112 valence electrons. The van der Waals surface area contributed by atoms with Crippen LogP contribution in [0.2, 0.25) is 0 Å². The van der Waals surface area contributed by atoms with Gasteiger partial charge in [-0.05, 0) is 19.8 Å². The number of methoxy groups -OCH3 is 1. The molecule has 0 saturated heterocycles. The molecule has 0 aliphatic heterocycles. The topological polar surface area (TPSA) is 64.3 Å². The zero-order valence-corrected chi connectivity index (χ0v) is 13.2. The lowest BCUT2D eigenvalue weighted by Gasteiger charge is -2.27. The van der Waals surface area contributed by atoms with Crippen LogP contribution in [0, 0.1) is 6.92 Å². The van der Waals surface area contributed by atoms with Crippen LogP contribution in [0.5, 0.6) is 0 Å². The molecule has 0 radical (unpaired) electrons. The molecular formula is C15H26N4O. The fourth-order valence-corrected chi connectivity index (χ4v) is 2.17. The average molecular weight is 278 g/mol. The van der Waals surface area contributed by atoms with Gasteiger partial charge in [-0.2, -0.15) is 0 Å². The molecule has 0 spiro atoms. The summed E-state index contributed by atoms with van der Waals surface area (Å²) in [6, 6.07) is 0.575. The summed E-state index contributed by atoms with van der Waals surface area (Å²) in [5, 5.41) is 0. The van der Waals surface area contributed by atoms with Gasteiger partial charge in [-0.25, -0.2) is 9.97 Å². The van der Waals surface area contributed by atoms with E-state index < -0.39 is 0 Å².